The molecule has 126 valence electrons. The van der Waals surface area contributed by atoms with Crippen LogP contribution in [0.15, 0.2) is 18.2 Å². The molecule has 1 aliphatic rings. The van der Waals surface area contributed by atoms with Gasteiger partial charge in [-0.2, -0.15) is 0 Å². The summed E-state index contributed by atoms with van der Waals surface area (Å²) in [6, 6.07) is 5.58. The molecule has 0 saturated carbocycles. The van der Waals surface area contributed by atoms with Crippen molar-refractivity contribution in [1.82, 2.24) is 9.80 Å². The second-order valence-corrected chi connectivity index (χ2v) is 6.42. The fraction of sp³-hybridized carbons (Fsp3) is 0.556. The van der Waals surface area contributed by atoms with E-state index >= 15 is 0 Å². The maximum atomic E-state index is 12.4. The lowest BCUT2D eigenvalue weighted by atomic mass is 10.1. The van der Waals surface area contributed by atoms with Gasteiger partial charge in [0.2, 0.25) is 11.8 Å². The molecule has 1 fully saturated rings. The fourth-order valence-electron chi connectivity index (χ4n) is 2.83. The van der Waals surface area contributed by atoms with Gasteiger partial charge in [-0.15, -0.1) is 0 Å². The SMILES string of the molecule is Cc1cccc(NC(=O)CN(C)[C@H](C)C(=O)N2CCCC2)c1C. The van der Waals surface area contributed by atoms with Crippen LogP contribution in [-0.4, -0.2) is 54.3 Å². The van der Waals surface area contributed by atoms with Gasteiger partial charge < -0.3 is 10.2 Å². The van der Waals surface area contributed by atoms with E-state index in [-0.39, 0.29) is 24.4 Å². The highest BCUT2D eigenvalue weighted by Crippen LogP contribution is 2.18. The third-order valence-electron chi connectivity index (χ3n) is 4.71. The molecule has 1 heterocycles. The van der Waals surface area contributed by atoms with E-state index in [4.69, 9.17) is 0 Å². The van der Waals surface area contributed by atoms with Gasteiger partial charge in [0.05, 0.1) is 12.6 Å². The zero-order valence-electron chi connectivity index (χ0n) is 14.6. The number of amides is 2. The molecule has 1 N–H and O–H groups in total. The molecule has 5 nitrogen and oxygen atoms in total. The Morgan fingerprint density at radius 1 is 1.26 bits per heavy atom. The zero-order valence-corrected chi connectivity index (χ0v) is 14.6. The Morgan fingerprint density at radius 2 is 1.91 bits per heavy atom. The molecule has 0 aliphatic carbocycles. The topological polar surface area (TPSA) is 52.7 Å². The number of nitrogens with zero attached hydrogens (tertiary/aromatic N) is 2. The lowest BCUT2D eigenvalue weighted by molar-refractivity contribution is -0.135. The molecule has 1 aromatic rings. The largest absolute Gasteiger partial charge is 0.341 e. The number of anilines is 1. The first-order valence-electron chi connectivity index (χ1n) is 8.25. The highest BCUT2D eigenvalue weighted by molar-refractivity contribution is 5.93. The number of hydrogen-bond acceptors (Lipinski definition) is 3. The maximum absolute atomic E-state index is 12.4. The smallest absolute Gasteiger partial charge is 0.239 e. The quantitative estimate of drug-likeness (QED) is 0.905. The average Bonchev–Trinajstić information content (AvgIpc) is 3.04. The van der Waals surface area contributed by atoms with Gasteiger partial charge in [0.1, 0.15) is 0 Å². The van der Waals surface area contributed by atoms with Crippen LogP contribution in [0, 0.1) is 13.8 Å². The molecule has 1 aromatic carbocycles. The van der Waals surface area contributed by atoms with Crippen LogP contribution in [0.5, 0.6) is 0 Å². The molecule has 0 aromatic heterocycles. The van der Waals surface area contributed by atoms with Crippen LogP contribution in [0.1, 0.15) is 30.9 Å². The standard InChI is InChI=1S/C18H27N3O2/c1-13-8-7-9-16(14(13)2)19-17(22)12-20(4)15(3)18(23)21-10-5-6-11-21/h7-9,15H,5-6,10-12H2,1-4H3,(H,19,22)/t15-/m1/s1. The highest BCUT2D eigenvalue weighted by atomic mass is 16.2. The van der Waals surface area contributed by atoms with Crippen molar-refractivity contribution >= 4 is 17.5 Å². The number of hydrogen-bond donors (Lipinski definition) is 1. The first kappa shape index (κ1) is 17.5. The lowest BCUT2D eigenvalue weighted by Gasteiger charge is -2.27. The number of rotatable bonds is 5. The third kappa shape index (κ3) is 4.32. The summed E-state index contributed by atoms with van der Waals surface area (Å²) >= 11 is 0. The minimum Gasteiger partial charge on any atom is -0.341 e. The molecule has 0 bridgehead atoms. The lowest BCUT2D eigenvalue weighted by Crippen LogP contribution is -2.46. The van der Waals surface area contributed by atoms with Gasteiger partial charge in [-0.1, -0.05) is 12.1 Å². The van der Waals surface area contributed by atoms with E-state index < -0.39 is 0 Å². The summed E-state index contributed by atoms with van der Waals surface area (Å²) in [6.45, 7) is 7.76. The van der Waals surface area contributed by atoms with Crippen molar-refractivity contribution in [2.75, 3.05) is 32.0 Å². The molecule has 2 amide bonds. The molecule has 1 atom stereocenters. The van der Waals surface area contributed by atoms with Crippen molar-refractivity contribution < 1.29 is 9.59 Å². The molecule has 0 spiro atoms. The molecule has 2 rings (SSSR count). The van der Waals surface area contributed by atoms with Crippen LogP contribution < -0.4 is 5.32 Å². The van der Waals surface area contributed by atoms with Crippen LogP contribution in [0.3, 0.4) is 0 Å². The molecule has 5 heteroatoms. The summed E-state index contributed by atoms with van der Waals surface area (Å²) in [5, 5.41) is 2.94. The number of benzene rings is 1. The monoisotopic (exact) mass is 317 g/mol. The van der Waals surface area contributed by atoms with E-state index in [9.17, 15) is 9.59 Å². The molecular weight excluding hydrogens is 290 g/mol. The van der Waals surface area contributed by atoms with E-state index in [1.807, 2.05) is 50.9 Å². The Hall–Kier alpha value is -1.88. The van der Waals surface area contributed by atoms with Gasteiger partial charge in [-0.25, -0.2) is 0 Å². The summed E-state index contributed by atoms with van der Waals surface area (Å²) in [5.41, 5.74) is 3.06. The normalized spacial score (nSPS) is 15.8. The van der Waals surface area contributed by atoms with E-state index in [1.165, 1.54) is 0 Å². The van der Waals surface area contributed by atoms with Crippen molar-refractivity contribution in [3.8, 4) is 0 Å². The molecule has 1 aliphatic heterocycles. The average molecular weight is 317 g/mol. The van der Waals surface area contributed by atoms with E-state index in [1.54, 1.807) is 4.90 Å². The summed E-state index contributed by atoms with van der Waals surface area (Å²) in [4.78, 5) is 28.3. The van der Waals surface area contributed by atoms with Gasteiger partial charge in [0.15, 0.2) is 0 Å². The minimum atomic E-state index is -0.280. The zero-order chi connectivity index (χ0) is 17.0. The second kappa shape index (κ2) is 7.59. The summed E-state index contributed by atoms with van der Waals surface area (Å²) < 4.78 is 0. The first-order chi connectivity index (χ1) is 10.9. The van der Waals surface area contributed by atoms with Crippen LogP contribution in [0.4, 0.5) is 5.69 Å². The molecule has 23 heavy (non-hydrogen) atoms. The van der Waals surface area contributed by atoms with Crippen molar-refractivity contribution in [2.45, 2.75) is 39.7 Å². The number of carbonyl (C=O) groups excluding carboxylic acids is 2. The second-order valence-electron chi connectivity index (χ2n) is 6.42. The minimum absolute atomic E-state index is 0.0951. The summed E-state index contributed by atoms with van der Waals surface area (Å²) in [6.07, 6.45) is 2.16. The van der Waals surface area contributed by atoms with Crippen LogP contribution >= 0.6 is 0 Å². The van der Waals surface area contributed by atoms with Gasteiger partial charge in [-0.3, -0.25) is 14.5 Å². The number of likely N-dealkylation sites (tertiary alicyclic amines) is 1. The van der Waals surface area contributed by atoms with Gasteiger partial charge in [-0.05, 0) is 57.9 Å². The summed E-state index contributed by atoms with van der Waals surface area (Å²) in [5.74, 6) is 0.0202. The Labute approximate surface area is 138 Å². The number of nitrogens with one attached hydrogen (secondary N) is 1. The number of likely N-dealkylation sites (N-methyl/N-ethyl adjacent to an activating group) is 1. The number of carbonyl (C=O) groups is 2. The maximum Gasteiger partial charge on any atom is 0.239 e. The predicted molar refractivity (Wildman–Crippen MR) is 92.5 cm³/mol. The summed E-state index contributed by atoms with van der Waals surface area (Å²) in [7, 11) is 1.82. The van der Waals surface area contributed by atoms with E-state index in [0.29, 0.717) is 0 Å². The van der Waals surface area contributed by atoms with Crippen molar-refractivity contribution in [1.29, 1.82) is 0 Å². The van der Waals surface area contributed by atoms with Crippen LogP contribution in [0.2, 0.25) is 0 Å². The van der Waals surface area contributed by atoms with Crippen LogP contribution in [0.25, 0.3) is 0 Å². The molecule has 1 saturated heterocycles. The Bertz CT molecular complexity index is 580. The first-order valence-corrected chi connectivity index (χ1v) is 8.25. The van der Waals surface area contributed by atoms with E-state index in [2.05, 4.69) is 5.32 Å². The highest BCUT2D eigenvalue weighted by Gasteiger charge is 2.26. The third-order valence-corrected chi connectivity index (χ3v) is 4.71. The van der Waals surface area contributed by atoms with Crippen molar-refractivity contribution in [2.24, 2.45) is 0 Å². The molecular formula is C18H27N3O2. The molecule has 0 radical (unpaired) electrons. The van der Waals surface area contributed by atoms with Gasteiger partial charge in [0, 0.05) is 18.8 Å². The Morgan fingerprint density at radius 3 is 2.57 bits per heavy atom. The van der Waals surface area contributed by atoms with Gasteiger partial charge >= 0.3 is 0 Å². The van der Waals surface area contributed by atoms with Crippen molar-refractivity contribution in [3.05, 3.63) is 29.3 Å². The number of aryl methyl sites for hydroxylation is 1. The van der Waals surface area contributed by atoms with Crippen molar-refractivity contribution in [3.63, 3.8) is 0 Å². The predicted octanol–water partition coefficient (Wildman–Crippen LogP) is 2.18. The Kier molecular flexibility index (Phi) is 5.77. The van der Waals surface area contributed by atoms with Crippen LogP contribution in [-0.2, 0) is 9.59 Å². The van der Waals surface area contributed by atoms with E-state index in [0.717, 1.165) is 42.7 Å². The van der Waals surface area contributed by atoms with Gasteiger partial charge in [0.25, 0.3) is 0 Å². The fourth-order valence-corrected chi connectivity index (χ4v) is 2.83. The molecule has 0 unspecified atom stereocenters. The Balaban J connectivity index is 1.91.